The van der Waals surface area contributed by atoms with Crippen LogP contribution in [0.4, 0.5) is 0 Å². The van der Waals surface area contributed by atoms with Crippen molar-refractivity contribution in [1.29, 1.82) is 0 Å². The third-order valence-electron chi connectivity index (χ3n) is 6.35. The molecule has 34 heavy (non-hydrogen) atoms. The van der Waals surface area contributed by atoms with Crippen molar-refractivity contribution in [1.82, 2.24) is 25.0 Å². The summed E-state index contributed by atoms with van der Waals surface area (Å²) in [6.07, 6.45) is 1.05. The van der Waals surface area contributed by atoms with Gasteiger partial charge in [0.2, 0.25) is 12.7 Å². The Kier molecular flexibility index (Phi) is 8.04. The maximum absolute atomic E-state index is 12.5. The number of carbonyl (C=O) groups is 1. The zero-order chi connectivity index (χ0) is 24.1. The maximum atomic E-state index is 12.5. The zero-order valence-corrected chi connectivity index (χ0v) is 20.2. The maximum Gasteiger partial charge on any atom is 0.273 e. The number of nitrogens with zero attached hydrogens (tertiary/aromatic N) is 4. The number of amides is 1. The summed E-state index contributed by atoms with van der Waals surface area (Å²) in [5, 5.41) is 13.2. The third-order valence-corrected chi connectivity index (χ3v) is 6.35. The van der Waals surface area contributed by atoms with E-state index in [0.29, 0.717) is 49.6 Å². The van der Waals surface area contributed by atoms with Crippen LogP contribution in [0.2, 0.25) is 0 Å². The SMILES string of the molecule is CC(C)N(C)C[C@@H](O)CN1CCN(Cc2nc(C(=O)NCc3ccc4c(c3)OCO4)co2)CC1. The van der Waals surface area contributed by atoms with Gasteiger partial charge in [0.05, 0.1) is 12.6 Å². The van der Waals surface area contributed by atoms with Gasteiger partial charge in [-0.05, 0) is 38.6 Å². The van der Waals surface area contributed by atoms with Gasteiger partial charge in [-0.15, -0.1) is 0 Å². The summed E-state index contributed by atoms with van der Waals surface area (Å²) >= 11 is 0. The van der Waals surface area contributed by atoms with Crippen LogP contribution in [0, 0.1) is 0 Å². The number of carbonyl (C=O) groups excluding carboxylic acids is 1. The van der Waals surface area contributed by atoms with Gasteiger partial charge in [0.1, 0.15) is 6.26 Å². The number of oxazole rings is 1. The van der Waals surface area contributed by atoms with Gasteiger partial charge in [0, 0.05) is 51.9 Å². The van der Waals surface area contributed by atoms with E-state index in [2.05, 4.69) is 38.8 Å². The Labute approximate surface area is 200 Å². The number of piperazine rings is 1. The first kappa shape index (κ1) is 24.5. The number of hydrogen-bond acceptors (Lipinski definition) is 9. The molecule has 10 heteroatoms. The summed E-state index contributed by atoms with van der Waals surface area (Å²) in [5.41, 5.74) is 1.19. The lowest BCUT2D eigenvalue weighted by atomic mass is 10.2. The van der Waals surface area contributed by atoms with Gasteiger partial charge >= 0.3 is 0 Å². The Bertz CT molecular complexity index is 957. The molecule has 2 aliphatic heterocycles. The normalized spacial score (nSPS) is 17.5. The fourth-order valence-electron chi connectivity index (χ4n) is 4.03. The van der Waals surface area contributed by atoms with Gasteiger partial charge in [0.15, 0.2) is 17.2 Å². The van der Waals surface area contributed by atoms with E-state index in [-0.39, 0.29) is 24.5 Å². The first-order valence-corrected chi connectivity index (χ1v) is 11.8. The van der Waals surface area contributed by atoms with Gasteiger partial charge in [-0.25, -0.2) is 4.98 Å². The molecule has 0 bridgehead atoms. The van der Waals surface area contributed by atoms with Crippen LogP contribution in [0.15, 0.2) is 28.9 Å². The summed E-state index contributed by atoms with van der Waals surface area (Å²) in [6.45, 7) is 10.2. The van der Waals surface area contributed by atoms with Crippen LogP contribution in [0.1, 0.15) is 35.8 Å². The Morgan fingerprint density at radius 1 is 1.18 bits per heavy atom. The standard InChI is InChI=1S/C24H35N5O5/c1-17(2)27(3)12-19(30)13-28-6-8-29(9-7-28)14-23-26-20(15-32-23)24(31)25-11-18-4-5-21-22(10-18)34-16-33-21/h4-5,10,15,17,19,30H,6-9,11-14,16H2,1-3H3,(H,25,31)/t19-/m1/s1. The molecule has 1 fully saturated rings. The number of rotatable bonds is 10. The van der Waals surface area contributed by atoms with Crippen LogP contribution in [0.25, 0.3) is 0 Å². The van der Waals surface area contributed by atoms with Crippen LogP contribution < -0.4 is 14.8 Å². The number of aromatic nitrogens is 1. The van der Waals surface area contributed by atoms with E-state index in [1.165, 1.54) is 6.26 Å². The highest BCUT2D eigenvalue weighted by molar-refractivity contribution is 5.91. The number of nitrogens with one attached hydrogen (secondary N) is 1. The number of hydrogen-bond donors (Lipinski definition) is 2. The van der Waals surface area contributed by atoms with Crippen molar-refractivity contribution in [2.45, 2.75) is 39.1 Å². The van der Waals surface area contributed by atoms with Gasteiger partial charge < -0.3 is 29.2 Å². The van der Waals surface area contributed by atoms with Crippen LogP contribution in [0.5, 0.6) is 11.5 Å². The fraction of sp³-hybridized carbons (Fsp3) is 0.583. The number of ether oxygens (including phenoxy) is 2. The predicted octanol–water partition coefficient (Wildman–Crippen LogP) is 1.15. The van der Waals surface area contributed by atoms with Gasteiger partial charge in [0.25, 0.3) is 5.91 Å². The number of likely N-dealkylation sites (N-methyl/N-ethyl adjacent to an activating group) is 1. The number of β-amino-alcohol motifs (C(OH)–C–C–N with tert-alkyl or cyclic N) is 1. The lowest BCUT2D eigenvalue weighted by Gasteiger charge is -2.35. The van der Waals surface area contributed by atoms with Crippen molar-refractivity contribution in [2.24, 2.45) is 0 Å². The molecule has 1 saturated heterocycles. The highest BCUT2D eigenvalue weighted by Gasteiger charge is 2.22. The molecule has 186 valence electrons. The predicted molar refractivity (Wildman–Crippen MR) is 126 cm³/mol. The molecule has 0 spiro atoms. The monoisotopic (exact) mass is 473 g/mol. The topological polar surface area (TPSA) is 104 Å². The van der Waals surface area contributed by atoms with Crippen molar-refractivity contribution >= 4 is 5.91 Å². The molecular weight excluding hydrogens is 438 g/mol. The molecule has 0 unspecified atom stereocenters. The van der Waals surface area contributed by atoms with Crippen molar-refractivity contribution in [3.05, 3.63) is 41.6 Å². The van der Waals surface area contributed by atoms with E-state index in [4.69, 9.17) is 13.9 Å². The second-order valence-corrected chi connectivity index (χ2v) is 9.26. The van der Waals surface area contributed by atoms with E-state index in [0.717, 1.165) is 31.7 Å². The summed E-state index contributed by atoms with van der Waals surface area (Å²) in [7, 11) is 2.04. The lowest BCUT2D eigenvalue weighted by molar-refractivity contribution is 0.0469. The zero-order valence-electron chi connectivity index (χ0n) is 20.2. The molecule has 3 heterocycles. The summed E-state index contributed by atoms with van der Waals surface area (Å²) < 4.78 is 16.2. The van der Waals surface area contributed by atoms with E-state index in [1.54, 1.807) is 0 Å². The average Bonchev–Trinajstić information content (AvgIpc) is 3.48. The first-order valence-electron chi connectivity index (χ1n) is 11.8. The molecule has 2 aromatic rings. The van der Waals surface area contributed by atoms with Crippen LogP contribution in [-0.2, 0) is 13.1 Å². The molecule has 1 aromatic carbocycles. The van der Waals surface area contributed by atoms with E-state index in [9.17, 15) is 9.90 Å². The Balaban J connectivity index is 1.19. The molecular formula is C24H35N5O5. The lowest BCUT2D eigenvalue weighted by Crippen LogP contribution is -2.49. The highest BCUT2D eigenvalue weighted by atomic mass is 16.7. The van der Waals surface area contributed by atoms with Gasteiger partial charge in [-0.3, -0.25) is 14.6 Å². The third kappa shape index (κ3) is 6.47. The average molecular weight is 474 g/mol. The fourth-order valence-corrected chi connectivity index (χ4v) is 4.03. The molecule has 2 aliphatic rings. The molecule has 0 aliphatic carbocycles. The molecule has 10 nitrogen and oxygen atoms in total. The quantitative estimate of drug-likeness (QED) is 0.526. The molecule has 1 aromatic heterocycles. The number of fused-ring (bicyclic) bond motifs is 1. The molecule has 1 amide bonds. The molecule has 4 rings (SSSR count). The van der Waals surface area contributed by atoms with Crippen LogP contribution in [-0.4, -0.2) is 96.0 Å². The molecule has 0 radical (unpaired) electrons. The Morgan fingerprint density at radius 2 is 1.91 bits per heavy atom. The second kappa shape index (κ2) is 11.2. The molecule has 0 saturated carbocycles. The summed E-state index contributed by atoms with van der Waals surface area (Å²) in [4.78, 5) is 23.6. The number of benzene rings is 1. The minimum Gasteiger partial charge on any atom is -0.454 e. The van der Waals surface area contributed by atoms with Crippen molar-refractivity contribution in [3.63, 3.8) is 0 Å². The molecule has 2 N–H and O–H groups in total. The number of aliphatic hydroxyl groups excluding tert-OH is 1. The Morgan fingerprint density at radius 3 is 2.68 bits per heavy atom. The highest BCUT2D eigenvalue weighted by Crippen LogP contribution is 2.32. The summed E-state index contributed by atoms with van der Waals surface area (Å²) in [6, 6.07) is 6.01. The van der Waals surface area contributed by atoms with Gasteiger partial charge in [-0.2, -0.15) is 0 Å². The first-order chi connectivity index (χ1) is 16.4. The second-order valence-electron chi connectivity index (χ2n) is 9.26. The smallest absolute Gasteiger partial charge is 0.273 e. The molecule has 1 atom stereocenters. The number of aliphatic hydroxyl groups is 1. The Hall–Kier alpha value is -2.66. The summed E-state index contributed by atoms with van der Waals surface area (Å²) in [5.74, 6) is 1.65. The van der Waals surface area contributed by atoms with Crippen molar-refractivity contribution < 1.29 is 23.8 Å². The minimum absolute atomic E-state index is 0.222. The minimum atomic E-state index is -0.357. The van der Waals surface area contributed by atoms with E-state index >= 15 is 0 Å². The largest absolute Gasteiger partial charge is 0.454 e. The van der Waals surface area contributed by atoms with Gasteiger partial charge in [-0.1, -0.05) is 6.07 Å². The van der Waals surface area contributed by atoms with Crippen LogP contribution in [0.3, 0.4) is 0 Å². The van der Waals surface area contributed by atoms with Crippen LogP contribution >= 0.6 is 0 Å². The van der Waals surface area contributed by atoms with Crippen molar-refractivity contribution in [2.75, 3.05) is 53.1 Å². The van der Waals surface area contributed by atoms with E-state index in [1.807, 2.05) is 25.2 Å². The van der Waals surface area contributed by atoms with E-state index < -0.39 is 0 Å². The van der Waals surface area contributed by atoms with Crippen molar-refractivity contribution in [3.8, 4) is 11.5 Å².